The van der Waals surface area contributed by atoms with E-state index in [0.717, 1.165) is 43.6 Å². The zero-order valence-electron chi connectivity index (χ0n) is 25.9. The molecule has 8 nitrogen and oxygen atoms in total. The predicted molar refractivity (Wildman–Crippen MR) is 169 cm³/mol. The summed E-state index contributed by atoms with van der Waals surface area (Å²) in [4.78, 5) is 45.0. The third kappa shape index (κ3) is 10.2. The van der Waals surface area contributed by atoms with Crippen LogP contribution in [0.2, 0.25) is 0 Å². The number of nitrogens with zero attached hydrogens (tertiary/aromatic N) is 2. The summed E-state index contributed by atoms with van der Waals surface area (Å²) in [6.07, 6.45) is 5.41. The molecule has 0 aromatic heterocycles. The van der Waals surface area contributed by atoms with Gasteiger partial charge in [0.2, 0.25) is 17.7 Å². The number of carbonyl (C=O) groups is 3. The van der Waals surface area contributed by atoms with Crippen molar-refractivity contribution >= 4 is 17.7 Å². The number of amides is 3. The van der Waals surface area contributed by atoms with Gasteiger partial charge in [-0.3, -0.25) is 14.4 Å². The van der Waals surface area contributed by atoms with Crippen LogP contribution in [0.1, 0.15) is 76.5 Å². The zero-order chi connectivity index (χ0) is 30.5. The van der Waals surface area contributed by atoms with Gasteiger partial charge in [-0.15, -0.1) is 0 Å². The van der Waals surface area contributed by atoms with Crippen LogP contribution in [0.15, 0.2) is 60.7 Å². The largest absolute Gasteiger partial charge is 0.343 e. The molecule has 230 valence electrons. The number of rotatable bonds is 16. The minimum absolute atomic E-state index is 0.111. The van der Waals surface area contributed by atoms with Crippen molar-refractivity contribution in [2.24, 2.45) is 11.7 Å². The van der Waals surface area contributed by atoms with E-state index in [2.05, 4.69) is 34.6 Å². The standard InChI is InChI=1S/C34H51N5O3/c1-5-6-19-29(34(42)38(4)31(24-39-20-13-14-21-39)27-17-11-8-12-18-27)36-33(41)30(22-25(2)3)37-32(40)28(35)23-26-15-9-7-10-16-26/h7-12,15-18,25,28-31H,5-6,13-14,19-24,35H2,1-4H3,(H,36,41)(H,37,40)/t28-,29-,30-,31-/m1/s1. The number of nitrogens with two attached hydrogens (primary N) is 1. The lowest BCUT2D eigenvalue weighted by molar-refractivity contribution is -0.138. The fourth-order valence-corrected chi connectivity index (χ4v) is 5.62. The van der Waals surface area contributed by atoms with Gasteiger partial charge in [0.15, 0.2) is 0 Å². The van der Waals surface area contributed by atoms with Crippen LogP contribution in [0.3, 0.4) is 0 Å². The SMILES string of the molecule is CCCC[C@@H](NC(=O)[C@@H](CC(C)C)NC(=O)[C@H](N)Cc1ccccc1)C(=O)N(C)[C@H](CN1CCCC1)c1ccccc1. The van der Waals surface area contributed by atoms with Gasteiger partial charge in [0.05, 0.1) is 12.1 Å². The van der Waals surface area contributed by atoms with Crippen LogP contribution in [-0.2, 0) is 20.8 Å². The smallest absolute Gasteiger partial charge is 0.245 e. The first-order chi connectivity index (χ1) is 20.2. The predicted octanol–water partition coefficient (Wildman–Crippen LogP) is 4.06. The highest BCUT2D eigenvalue weighted by Gasteiger charge is 2.33. The summed E-state index contributed by atoms with van der Waals surface area (Å²) in [6, 6.07) is 17.3. The number of hydrogen-bond donors (Lipinski definition) is 3. The highest BCUT2D eigenvalue weighted by atomic mass is 16.2. The van der Waals surface area contributed by atoms with Gasteiger partial charge in [-0.05, 0) is 62.2 Å². The van der Waals surface area contributed by atoms with Gasteiger partial charge in [-0.2, -0.15) is 0 Å². The summed E-state index contributed by atoms with van der Waals surface area (Å²) in [5.74, 6) is -0.674. The van der Waals surface area contributed by atoms with E-state index in [1.54, 1.807) is 4.90 Å². The molecule has 1 heterocycles. The van der Waals surface area contributed by atoms with E-state index in [9.17, 15) is 14.4 Å². The highest BCUT2D eigenvalue weighted by molar-refractivity contribution is 5.93. The summed E-state index contributed by atoms with van der Waals surface area (Å²) >= 11 is 0. The molecule has 3 amide bonds. The quantitative estimate of drug-likeness (QED) is 0.279. The van der Waals surface area contributed by atoms with Crippen molar-refractivity contribution in [3.05, 3.63) is 71.8 Å². The molecule has 0 aliphatic carbocycles. The van der Waals surface area contributed by atoms with Gasteiger partial charge < -0.3 is 26.2 Å². The van der Waals surface area contributed by atoms with Crippen LogP contribution in [0.4, 0.5) is 0 Å². The van der Waals surface area contributed by atoms with Crippen molar-refractivity contribution in [3.8, 4) is 0 Å². The second-order valence-electron chi connectivity index (χ2n) is 12.1. The lowest BCUT2D eigenvalue weighted by Crippen LogP contribution is -2.56. The molecule has 0 radical (unpaired) electrons. The molecule has 0 spiro atoms. The molecule has 3 rings (SSSR count). The minimum Gasteiger partial charge on any atom is -0.343 e. The molecule has 2 aromatic carbocycles. The van der Waals surface area contributed by atoms with Crippen LogP contribution in [-0.4, -0.2) is 72.3 Å². The van der Waals surface area contributed by atoms with Gasteiger partial charge in [-0.25, -0.2) is 0 Å². The van der Waals surface area contributed by atoms with E-state index >= 15 is 0 Å². The van der Waals surface area contributed by atoms with E-state index in [-0.39, 0.29) is 29.7 Å². The lowest BCUT2D eigenvalue weighted by atomic mass is 9.99. The van der Waals surface area contributed by atoms with Crippen LogP contribution in [0.25, 0.3) is 0 Å². The summed E-state index contributed by atoms with van der Waals surface area (Å²) in [7, 11) is 1.84. The van der Waals surface area contributed by atoms with E-state index in [4.69, 9.17) is 5.73 Å². The van der Waals surface area contributed by atoms with Crippen molar-refractivity contribution in [3.63, 3.8) is 0 Å². The molecule has 1 fully saturated rings. The number of carbonyl (C=O) groups excluding carboxylic acids is 3. The second-order valence-corrected chi connectivity index (χ2v) is 12.1. The van der Waals surface area contributed by atoms with Crippen molar-refractivity contribution in [2.75, 3.05) is 26.7 Å². The number of benzene rings is 2. The molecule has 4 N–H and O–H groups in total. The van der Waals surface area contributed by atoms with E-state index in [1.165, 1.54) is 12.8 Å². The number of hydrogen-bond acceptors (Lipinski definition) is 5. The molecule has 0 unspecified atom stereocenters. The van der Waals surface area contributed by atoms with Crippen molar-refractivity contribution in [1.29, 1.82) is 0 Å². The summed E-state index contributed by atoms with van der Waals surface area (Å²) < 4.78 is 0. The fourth-order valence-electron chi connectivity index (χ4n) is 5.62. The van der Waals surface area contributed by atoms with Crippen LogP contribution in [0.5, 0.6) is 0 Å². The maximum Gasteiger partial charge on any atom is 0.245 e. The minimum atomic E-state index is -0.782. The number of unbranched alkanes of at least 4 members (excludes halogenated alkanes) is 1. The Morgan fingerprint density at radius 1 is 0.905 bits per heavy atom. The molecule has 0 bridgehead atoms. The molecular weight excluding hydrogens is 526 g/mol. The molecule has 42 heavy (non-hydrogen) atoms. The van der Waals surface area contributed by atoms with Gasteiger partial charge in [-0.1, -0.05) is 94.3 Å². The molecule has 1 aliphatic rings. The molecule has 1 aliphatic heterocycles. The summed E-state index contributed by atoms with van der Waals surface area (Å²) in [5, 5.41) is 5.92. The average Bonchev–Trinajstić information content (AvgIpc) is 3.51. The normalized spacial score (nSPS) is 16.4. The van der Waals surface area contributed by atoms with Gasteiger partial charge in [0.1, 0.15) is 12.1 Å². The Hall–Kier alpha value is -3.23. The Morgan fingerprint density at radius 3 is 2.10 bits per heavy atom. The van der Waals surface area contributed by atoms with Crippen LogP contribution >= 0.6 is 0 Å². The third-order valence-corrected chi connectivity index (χ3v) is 8.07. The highest BCUT2D eigenvalue weighted by Crippen LogP contribution is 2.24. The van der Waals surface area contributed by atoms with Crippen molar-refractivity contribution in [1.82, 2.24) is 20.4 Å². The van der Waals surface area contributed by atoms with Crippen molar-refractivity contribution < 1.29 is 14.4 Å². The molecular formula is C34H51N5O3. The first-order valence-electron chi connectivity index (χ1n) is 15.6. The van der Waals surface area contributed by atoms with Crippen LogP contribution in [0, 0.1) is 5.92 Å². The maximum atomic E-state index is 14.0. The average molecular weight is 578 g/mol. The first-order valence-corrected chi connectivity index (χ1v) is 15.6. The van der Waals surface area contributed by atoms with Crippen molar-refractivity contribution in [2.45, 2.75) is 89.9 Å². The number of likely N-dealkylation sites (tertiary alicyclic amines) is 1. The third-order valence-electron chi connectivity index (χ3n) is 8.07. The van der Waals surface area contributed by atoms with E-state index < -0.39 is 18.1 Å². The van der Waals surface area contributed by atoms with Gasteiger partial charge >= 0.3 is 0 Å². The summed E-state index contributed by atoms with van der Waals surface area (Å²) in [6.45, 7) is 8.91. The Bertz CT molecular complexity index is 1100. The fraction of sp³-hybridized carbons (Fsp3) is 0.559. The Kier molecular flexibility index (Phi) is 13.5. The Morgan fingerprint density at radius 2 is 1.50 bits per heavy atom. The van der Waals surface area contributed by atoms with Gasteiger partial charge in [0, 0.05) is 13.6 Å². The Balaban J connectivity index is 1.74. The second kappa shape index (κ2) is 17.0. The van der Waals surface area contributed by atoms with E-state index in [1.807, 2.05) is 69.4 Å². The molecule has 0 saturated carbocycles. The lowest BCUT2D eigenvalue weighted by Gasteiger charge is -2.35. The maximum absolute atomic E-state index is 14.0. The molecule has 8 heteroatoms. The molecule has 2 aromatic rings. The molecule has 4 atom stereocenters. The topological polar surface area (TPSA) is 108 Å². The van der Waals surface area contributed by atoms with Gasteiger partial charge in [0.25, 0.3) is 0 Å². The number of likely N-dealkylation sites (N-methyl/N-ethyl adjacent to an activating group) is 1. The molecule has 1 saturated heterocycles. The monoisotopic (exact) mass is 577 g/mol. The van der Waals surface area contributed by atoms with E-state index in [0.29, 0.717) is 19.3 Å². The van der Waals surface area contributed by atoms with Crippen LogP contribution < -0.4 is 16.4 Å². The first kappa shape index (κ1) is 33.3. The number of nitrogens with one attached hydrogen (secondary N) is 2. The zero-order valence-corrected chi connectivity index (χ0v) is 25.9. The summed E-state index contributed by atoms with van der Waals surface area (Å²) in [5.41, 5.74) is 8.27. The Labute approximate surface area is 252 Å².